The van der Waals surface area contributed by atoms with Crippen LogP contribution in [0.5, 0.6) is 11.5 Å². The normalized spacial score (nSPS) is 17.0. The number of hydrogen-bond donors (Lipinski definition) is 22. The topological polar surface area (TPSA) is 607 Å². The fourth-order valence-electron chi connectivity index (χ4n) is 16.5. The fraction of sp³-hybridized carbons (Fsp3) is 0.474. The standard InChI is InChI=1S/C95H127N21O18S3/c1-55(105-90(129)73(47-59-49-100-66-22-9-7-20-63(59)66)112-93(132)77-26-17-41-116(77)94(133)75(46-58-31-35-62(118)36-32-58)113-92(131)74(48-60-50-101-67-23-10-8-21-64(60)67)110-86(125)65(97)44-56-18-5-4-6-19-56)85(124)107-70(37-42-135-2)88(127)109-71(38-43-136-3)89(128)111-72(45-57-29-33-61(117)34-30-57)91(130)108-69(25-13-15-39-96)87(126)104-52-81(121)102-51-80(120)103-53-82(122)106-68(84(98)123)24-14-16-40-99-79(119)28-12-11-27-78-83-76(54-137-78)114-95(134)115-83/h4-10,18-23,29-36,49-50,55,65,68-78,83,100-101,117-118H,11-17,24-28,37-48,51-54,96-97H2,1-3H3,(H2,98,123)(H,99,119)(H,102,121)(H,103,120)(H,104,126)(H,105,129)(H,106,122)(H,107,124)(H,108,130)(H,109,127)(H,110,125)(H,111,128)(H,112,132)(H,113,131)(H2,114,115,134)/t55-,65-,68-,69-,70-,71-,72-,73-,74-,75-,76-,77-,78-,83-/m0/s1. The van der Waals surface area contributed by atoms with E-state index in [2.05, 4.69) is 89.7 Å². The van der Waals surface area contributed by atoms with Crippen molar-refractivity contribution in [2.75, 3.05) is 69.0 Å². The van der Waals surface area contributed by atoms with Crippen LogP contribution in [0.25, 0.3) is 21.8 Å². The Hall–Kier alpha value is -12.9. The quantitative estimate of drug-likeness (QED) is 0.0185. The molecule has 0 aliphatic carbocycles. The number of para-hydroxylation sites is 2. The molecule has 738 valence electrons. The van der Waals surface area contributed by atoms with Crippen molar-refractivity contribution in [2.45, 2.75) is 213 Å². The molecule has 3 saturated heterocycles. The number of benzene rings is 5. The molecular weight excluding hydrogens is 1820 g/mol. The molecule has 5 aromatic carbocycles. The number of nitrogens with two attached hydrogens (primary N) is 3. The maximum atomic E-state index is 15.4. The van der Waals surface area contributed by atoms with E-state index in [1.165, 1.54) is 71.7 Å². The maximum absolute atomic E-state index is 15.4. The second-order valence-electron chi connectivity index (χ2n) is 34.4. The van der Waals surface area contributed by atoms with Gasteiger partial charge in [0.25, 0.3) is 0 Å². The van der Waals surface area contributed by atoms with Gasteiger partial charge in [-0.25, -0.2) is 4.79 Å². The van der Waals surface area contributed by atoms with Crippen LogP contribution < -0.4 is 97.0 Å². The van der Waals surface area contributed by atoms with Crippen LogP contribution in [0.4, 0.5) is 4.79 Å². The van der Waals surface area contributed by atoms with E-state index in [4.69, 9.17) is 17.2 Å². The van der Waals surface area contributed by atoms with Crippen molar-refractivity contribution in [1.29, 1.82) is 0 Å². The largest absolute Gasteiger partial charge is 0.508 e. The molecular formula is C95H127N21O18S3. The SMILES string of the molecule is CSCC[C@H](NC(=O)[C@H](C)NC(=O)[C@H](Cc1c[nH]c2ccccc12)NC(=O)[C@@H]1CCCN1C(=O)[C@H](Cc1ccc(O)cc1)NC(=O)[C@H](Cc1c[nH]c2ccccc12)NC(=O)[C@@H](N)Cc1ccccc1)C(=O)N[C@@H](CCSC)C(=O)N[C@@H](Cc1ccc(O)cc1)C(=O)N[C@@H](CCCCN)C(=O)NCC(=O)NCC(=O)NCC(=O)N[C@@H](CCCCNC(=O)CCCC[C@@H]1SC[C@@H]2NC(=O)N[C@@H]21)C(N)=O. The van der Waals surface area contributed by atoms with Crippen molar-refractivity contribution < 1.29 is 86.9 Å². The van der Waals surface area contributed by atoms with Crippen LogP contribution in [0.15, 0.2) is 140 Å². The highest BCUT2D eigenvalue weighted by Crippen LogP contribution is 2.34. The lowest BCUT2D eigenvalue weighted by Gasteiger charge is -2.31. The summed E-state index contributed by atoms with van der Waals surface area (Å²) in [4.78, 5) is 231. The third kappa shape index (κ3) is 33.2. The number of nitrogens with zero attached hydrogens (tertiary/aromatic N) is 1. The van der Waals surface area contributed by atoms with Crippen molar-refractivity contribution >= 4 is 152 Å². The highest BCUT2D eigenvalue weighted by Gasteiger charge is 2.44. The Bertz CT molecular complexity index is 5310. The lowest BCUT2D eigenvalue weighted by atomic mass is 10.0. The number of likely N-dealkylation sites (tertiary alicyclic amines) is 1. The molecule has 5 heterocycles. The van der Waals surface area contributed by atoms with Crippen molar-refractivity contribution in [2.24, 2.45) is 17.2 Å². The number of urea groups is 1. The van der Waals surface area contributed by atoms with Gasteiger partial charge in [-0.15, -0.1) is 0 Å². The number of phenolic OH excluding ortho intramolecular Hbond substituents is 2. The Morgan fingerprint density at radius 2 is 0.964 bits per heavy atom. The molecule has 25 N–H and O–H groups in total. The summed E-state index contributed by atoms with van der Waals surface area (Å²) in [5.41, 5.74) is 22.4. The second-order valence-corrected chi connectivity index (χ2v) is 37.6. The first-order valence-electron chi connectivity index (χ1n) is 46.2. The minimum atomic E-state index is -1.47. The first-order valence-corrected chi connectivity index (χ1v) is 50.0. The number of carbonyl (C=O) groups is 16. The molecule has 17 amide bonds. The Balaban J connectivity index is 0.742. The Labute approximate surface area is 806 Å². The number of aromatic amines is 2. The Kier molecular flexibility index (Phi) is 41.9. The molecule has 0 unspecified atom stereocenters. The summed E-state index contributed by atoms with van der Waals surface area (Å²) in [5, 5.41) is 63.1. The van der Waals surface area contributed by atoms with Crippen LogP contribution in [0.2, 0.25) is 0 Å². The number of H-pyrrole nitrogens is 2. The van der Waals surface area contributed by atoms with E-state index in [-0.39, 0.29) is 113 Å². The van der Waals surface area contributed by atoms with E-state index in [1.54, 1.807) is 43.1 Å². The molecule has 39 nitrogen and oxygen atoms in total. The summed E-state index contributed by atoms with van der Waals surface area (Å²) in [5.74, 6) is -9.83. The highest BCUT2D eigenvalue weighted by molar-refractivity contribution is 8.00. The molecule has 0 spiro atoms. The van der Waals surface area contributed by atoms with Gasteiger partial charge in [0.1, 0.15) is 71.9 Å². The van der Waals surface area contributed by atoms with Gasteiger partial charge in [0.15, 0.2) is 0 Å². The molecule has 10 rings (SSSR count). The number of rotatable bonds is 56. The number of carbonyl (C=O) groups excluding carboxylic acids is 16. The van der Waals surface area contributed by atoms with Crippen LogP contribution in [-0.2, 0) is 104 Å². The molecule has 3 aliphatic heterocycles. The summed E-state index contributed by atoms with van der Waals surface area (Å²) in [6, 6.07) is 21.3. The van der Waals surface area contributed by atoms with Crippen molar-refractivity contribution in [3.8, 4) is 11.5 Å². The number of fused-ring (bicyclic) bond motifs is 3. The van der Waals surface area contributed by atoms with E-state index < -0.39 is 169 Å². The van der Waals surface area contributed by atoms with Gasteiger partial charge in [-0.3, -0.25) is 71.9 Å². The number of hydrogen-bond acceptors (Lipinski definition) is 23. The molecule has 7 aromatic rings. The Morgan fingerprint density at radius 1 is 0.474 bits per heavy atom. The first kappa shape index (κ1) is 106. The van der Waals surface area contributed by atoms with E-state index in [9.17, 15) is 67.7 Å². The van der Waals surface area contributed by atoms with Gasteiger partial charge >= 0.3 is 6.03 Å². The van der Waals surface area contributed by atoms with E-state index in [1.807, 2.05) is 84.6 Å². The Morgan fingerprint density at radius 3 is 1.55 bits per heavy atom. The van der Waals surface area contributed by atoms with Gasteiger partial charge in [-0.05, 0) is 185 Å². The summed E-state index contributed by atoms with van der Waals surface area (Å²) < 4.78 is 0. The van der Waals surface area contributed by atoms with Crippen molar-refractivity contribution in [3.05, 3.63) is 168 Å². The molecule has 14 atom stereocenters. The van der Waals surface area contributed by atoms with Crippen LogP contribution in [0.1, 0.15) is 125 Å². The lowest BCUT2D eigenvalue weighted by Crippen LogP contribution is -2.60. The number of thioether (sulfide) groups is 3. The third-order valence-electron chi connectivity index (χ3n) is 24.1. The van der Waals surface area contributed by atoms with Gasteiger partial charge in [-0.2, -0.15) is 35.3 Å². The average molecular weight is 1950 g/mol. The van der Waals surface area contributed by atoms with Gasteiger partial charge in [-0.1, -0.05) is 97.4 Å². The average Bonchev–Trinajstić information content (AvgIpc) is 1.69. The maximum Gasteiger partial charge on any atom is 0.315 e. The number of unbranched alkanes of at least 4 members (excludes halogenated alkanes) is 3. The number of primary amides is 1. The zero-order chi connectivity index (χ0) is 98.5. The molecule has 2 aromatic heterocycles. The molecule has 137 heavy (non-hydrogen) atoms. The minimum Gasteiger partial charge on any atom is -0.508 e. The van der Waals surface area contributed by atoms with Crippen LogP contribution in [-0.4, -0.2) is 273 Å². The molecule has 3 fully saturated rings. The molecule has 0 saturated carbocycles. The van der Waals surface area contributed by atoms with E-state index in [0.717, 1.165) is 40.4 Å². The summed E-state index contributed by atoms with van der Waals surface area (Å²) in [6.45, 7) is 0.0483. The summed E-state index contributed by atoms with van der Waals surface area (Å²) in [7, 11) is 0. The van der Waals surface area contributed by atoms with Gasteiger partial charge in [0.2, 0.25) is 88.6 Å². The molecule has 0 radical (unpaired) electrons. The smallest absolute Gasteiger partial charge is 0.315 e. The molecule has 42 heteroatoms. The minimum absolute atomic E-state index is 0.00529. The molecule has 0 bridgehead atoms. The lowest BCUT2D eigenvalue weighted by molar-refractivity contribution is -0.142. The number of aromatic nitrogens is 2. The number of amides is 17. The van der Waals surface area contributed by atoms with Crippen LogP contribution in [0.3, 0.4) is 0 Å². The predicted octanol–water partition coefficient (Wildman–Crippen LogP) is 0.756. The highest BCUT2D eigenvalue weighted by atomic mass is 32.2. The third-order valence-corrected chi connectivity index (χ3v) is 26.9. The monoisotopic (exact) mass is 1950 g/mol. The zero-order valence-corrected chi connectivity index (χ0v) is 79.4. The first-order chi connectivity index (χ1) is 65.9. The second kappa shape index (κ2) is 54.1. The van der Waals surface area contributed by atoms with E-state index >= 15 is 19.2 Å². The number of aromatic hydroxyl groups is 2. The van der Waals surface area contributed by atoms with Gasteiger partial charge in [0.05, 0.1) is 37.8 Å². The van der Waals surface area contributed by atoms with Crippen molar-refractivity contribution in [3.63, 3.8) is 0 Å². The summed E-state index contributed by atoms with van der Waals surface area (Å²) in [6.07, 6.45) is 11.6. The molecule has 3 aliphatic rings. The van der Waals surface area contributed by atoms with Crippen LogP contribution in [0, 0.1) is 0 Å². The van der Waals surface area contributed by atoms with E-state index in [0.29, 0.717) is 96.0 Å². The van der Waals surface area contributed by atoms with Gasteiger partial charge in [0, 0.05) is 90.4 Å². The number of nitrogens with one attached hydrogen (secondary N) is 17. The predicted molar refractivity (Wildman–Crippen MR) is 521 cm³/mol. The fourth-order valence-corrected chi connectivity index (χ4v) is 19.0. The zero-order valence-electron chi connectivity index (χ0n) is 77.0. The number of phenols is 2. The van der Waals surface area contributed by atoms with Crippen molar-refractivity contribution in [1.82, 2.24) is 94.6 Å². The van der Waals surface area contributed by atoms with Crippen LogP contribution >= 0.6 is 35.3 Å². The van der Waals surface area contributed by atoms with Gasteiger partial charge < -0.3 is 122 Å². The summed E-state index contributed by atoms with van der Waals surface area (Å²) >= 11 is 4.51.